The van der Waals surface area contributed by atoms with Crippen molar-refractivity contribution in [1.29, 1.82) is 5.26 Å². The zero-order valence-electron chi connectivity index (χ0n) is 16.5. The largest absolute Gasteiger partial charge is 0.497 e. The third-order valence-electron chi connectivity index (χ3n) is 4.21. The van der Waals surface area contributed by atoms with Crippen LogP contribution < -0.4 is 14.8 Å². The van der Waals surface area contributed by atoms with Crippen LogP contribution in [0.5, 0.6) is 11.5 Å². The number of nitriles is 1. The zero-order chi connectivity index (χ0) is 21.3. The molecule has 0 saturated carbocycles. The fraction of sp³-hybridized carbons (Fsp3) is 0.238. The molecule has 1 heterocycles. The highest BCUT2D eigenvalue weighted by molar-refractivity contribution is 8.00. The van der Waals surface area contributed by atoms with Crippen molar-refractivity contribution in [3.05, 3.63) is 59.2 Å². The van der Waals surface area contributed by atoms with E-state index in [2.05, 4.69) is 21.6 Å². The van der Waals surface area contributed by atoms with Crippen LogP contribution >= 0.6 is 23.1 Å². The first-order chi connectivity index (χ1) is 14.6. The van der Waals surface area contributed by atoms with Crippen molar-refractivity contribution in [3.63, 3.8) is 0 Å². The fourth-order valence-corrected chi connectivity index (χ4v) is 4.37. The number of aromatic nitrogens is 2. The summed E-state index contributed by atoms with van der Waals surface area (Å²) in [6.45, 7) is 0. The number of methoxy groups -OCH3 is 2. The lowest BCUT2D eigenvalue weighted by molar-refractivity contribution is -0.116. The van der Waals surface area contributed by atoms with Crippen LogP contribution in [-0.4, -0.2) is 30.3 Å². The van der Waals surface area contributed by atoms with Gasteiger partial charge in [-0.2, -0.15) is 5.26 Å². The third kappa shape index (κ3) is 5.95. The number of amides is 1. The molecule has 0 unspecified atom stereocenters. The van der Waals surface area contributed by atoms with Crippen LogP contribution in [0, 0.1) is 11.3 Å². The molecule has 1 aromatic heterocycles. The monoisotopic (exact) mass is 440 g/mol. The number of nitrogens with zero attached hydrogens (tertiary/aromatic N) is 3. The van der Waals surface area contributed by atoms with Gasteiger partial charge in [0.1, 0.15) is 11.5 Å². The van der Waals surface area contributed by atoms with Gasteiger partial charge in [0.25, 0.3) is 0 Å². The summed E-state index contributed by atoms with van der Waals surface area (Å²) in [7, 11) is 3.20. The maximum atomic E-state index is 12.3. The molecule has 7 nitrogen and oxygen atoms in total. The van der Waals surface area contributed by atoms with Gasteiger partial charge in [0.15, 0.2) is 4.34 Å². The van der Waals surface area contributed by atoms with E-state index >= 15 is 0 Å². The van der Waals surface area contributed by atoms with Crippen molar-refractivity contribution >= 4 is 34.1 Å². The zero-order valence-corrected chi connectivity index (χ0v) is 18.2. The molecule has 9 heteroatoms. The van der Waals surface area contributed by atoms with Crippen molar-refractivity contribution in [2.45, 2.75) is 22.9 Å². The SMILES string of the molecule is COc1ccc(OC)c(CCC(=O)Nc2nnc(SCc3ccc(C#N)cc3)s2)c1. The summed E-state index contributed by atoms with van der Waals surface area (Å²) in [4.78, 5) is 12.3. The van der Waals surface area contributed by atoms with Gasteiger partial charge < -0.3 is 14.8 Å². The molecular formula is C21H20N4O3S2. The van der Waals surface area contributed by atoms with Crippen LogP contribution in [0.2, 0.25) is 0 Å². The minimum atomic E-state index is -0.139. The molecule has 0 aliphatic carbocycles. The maximum absolute atomic E-state index is 12.3. The molecule has 0 aliphatic heterocycles. The summed E-state index contributed by atoms with van der Waals surface area (Å²) in [6, 6.07) is 15.0. The first kappa shape index (κ1) is 21.6. The average molecular weight is 441 g/mol. The summed E-state index contributed by atoms with van der Waals surface area (Å²) >= 11 is 2.87. The van der Waals surface area contributed by atoms with Crippen LogP contribution in [0.15, 0.2) is 46.8 Å². The first-order valence-corrected chi connectivity index (χ1v) is 10.9. The summed E-state index contributed by atoms with van der Waals surface area (Å²) in [5, 5.41) is 20.3. The van der Waals surface area contributed by atoms with E-state index in [1.54, 1.807) is 26.4 Å². The molecule has 3 rings (SSSR count). The number of carbonyl (C=O) groups is 1. The van der Waals surface area contributed by atoms with E-state index in [0.29, 0.717) is 22.9 Å². The highest BCUT2D eigenvalue weighted by Crippen LogP contribution is 2.29. The molecule has 2 aromatic carbocycles. The number of ether oxygens (including phenoxy) is 2. The molecule has 0 atom stereocenters. The Hall–Kier alpha value is -3.09. The van der Waals surface area contributed by atoms with Crippen molar-refractivity contribution in [1.82, 2.24) is 10.2 Å². The van der Waals surface area contributed by atoms with Gasteiger partial charge in [-0.3, -0.25) is 4.79 Å². The van der Waals surface area contributed by atoms with Crippen LogP contribution in [-0.2, 0) is 17.0 Å². The Morgan fingerprint density at radius 1 is 1.17 bits per heavy atom. The van der Waals surface area contributed by atoms with Gasteiger partial charge in [-0.05, 0) is 47.9 Å². The second kappa shape index (κ2) is 10.6. The Morgan fingerprint density at radius 3 is 2.67 bits per heavy atom. The Bertz CT molecular complexity index is 1050. The van der Waals surface area contributed by atoms with E-state index < -0.39 is 0 Å². The molecule has 0 fully saturated rings. The predicted octanol–water partition coefficient (Wildman–Crippen LogP) is 4.29. The van der Waals surface area contributed by atoms with Crippen LogP contribution in [0.4, 0.5) is 5.13 Å². The Balaban J connectivity index is 1.50. The molecule has 1 N–H and O–H groups in total. The van der Waals surface area contributed by atoms with Gasteiger partial charge in [-0.15, -0.1) is 10.2 Å². The van der Waals surface area contributed by atoms with Crippen molar-refractivity contribution in [3.8, 4) is 17.6 Å². The molecule has 3 aromatic rings. The Kier molecular flexibility index (Phi) is 7.65. The molecule has 0 aliphatic rings. The molecule has 0 spiro atoms. The number of aryl methyl sites for hydroxylation is 1. The van der Waals surface area contributed by atoms with Crippen molar-refractivity contribution in [2.75, 3.05) is 19.5 Å². The van der Waals surface area contributed by atoms with Gasteiger partial charge in [0, 0.05) is 12.2 Å². The molecule has 154 valence electrons. The second-order valence-electron chi connectivity index (χ2n) is 6.20. The third-order valence-corrected chi connectivity index (χ3v) is 6.25. The Labute approximate surface area is 183 Å². The quantitative estimate of drug-likeness (QED) is 0.391. The summed E-state index contributed by atoms with van der Waals surface area (Å²) in [5.41, 5.74) is 2.63. The summed E-state index contributed by atoms with van der Waals surface area (Å²) < 4.78 is 11.4. The van der Waals surface area contributed by atoms with Gasteiger partial charge >= 0.3 is 0 Å². The van der Waals surface area contributed by atoms with E-state index in [0.717, 1.165) is 27.0 Å². The number of rotatable bonds is 9. The lowest BCUT2D eigenvalue weighted by Crippen LogP contribution is -2.12. The normalized spacial score (nSPS) is 10.3. The molecule has 0 saturated heterocycles. The standard InChI is InChI=1S/C21H20N4O3S2/c1-27-17-8-9-18(28-2)16(11-17)7-10-19(26)23-20-24-25-21(30-20)29-13-15-5-3-14(12-22)4-6-15/h3-6,8-9,11H,7,10,13H2,1-2H3,(H,23,24,26). The van der Waals surface area contributed by atoms with E-state index in [9.17, 15) is 4.79 Å². The van der Waals surface area contributed by atoms with Gasteiger partial charge in [0.05, 0.1) is 25.9 Å². The minimum Gasteiger partial charge on any atom is -0.497 e. The molecule has 0 radical (unpaired) electrons. The van der Waals surface area contributed by atoms with E-state index in [-0.39, 0.29) is 12.3 Å². The number of benzene rings is 2. The van der Waals surface area contributed by atoms with Crippen molar-refractivity contribution in [2.24, 2.45) is 0 Å². The van der Waals surface area contributed by atoms with Crippen LogP contribution in [0.1, 0.15) is 23.1 Å². The molecular weight excluding hydrogens is 420 g/mol. The molecule has 0 bridgehead atoms. The average Bonchev–Trinajstić information content (AvgIpc) is 3.23. The second-order valence-corrected chi connectivity index (χ2v) is 8.40. The fourth-order valence-electron chi connectivity index (χ4n) is 2.65. The topological polar surface area (TPSA) is 97.1 Å². The number of anilines is 1. The predicted molar refractivity (Wildman–Crippen MR) is 117 cm³/mol. The smallest absolute Gasteiger partial charge is 0.226 e. The first-order valence-electron chi connectivity index (χ1n) is 9.07. The number of hydrogen-bond donors (Lipinski definition) is 1. The van der Waals surface area contributed by atoms with E-state index in [1.807, 2.05) is 30.3 Å². The van der Waals surface area contributed by atoms with Crippen molar-refractivity contribution < 1.29 is 14.3 Å². The maximum Gasteiger partial charge on any atom is 0.226 e. The van der Waals surface area contributed by atoms with Gasteiger partial charge in [-0.25, -0.2) is 0 Å². The lowest BCUT2D eigenvalue weighted by atomic mass is 10.1. The highest BCUT2D eigenvalue weighted by Gasteiger charge is 2.11. The molecule has 1 amide bonds. The number of carbonyl (C=O) groups excluding carboxylic acids is 1. The van der Waals surface area contributed by atoms with Crippen LogP contribution in [0.3, 0.4) is 0 Å². The number of hydrogen-bond acceptors (Lipinski definition) is 8. The number of nitrogens with one attached hydrogen (secondary N) is 1. The molecule has 30 heavy (non-hydrogen) atoms. The van der Waals surface area contributed by atoms with Gasteiger partial charge in [-0.1, -0.05) is 35.2 Å². The summed E-state index contributed by atoms with van der Waals surface area (Å²) in [6.07, 6.45) is 0.808. The number of thioether (sulfide) groups is 1. The van der Waals surface area contributed by atoms with Gasteiger partial charge in [0.2, 0.25) is 11.0 Å². The van der Waals surface area contributed by atoms with E-state index in [4.69, 9.17) is 14.7 Å². The lowest BCUT2D eigenvalue weighted by Gasteiger charge is -2.10. The highest BCUT2D eigenvalue weighted by atomic mass is 32.2. The Morgan fingerprint density at radius 2 is 1.97 bits per heavy atom. The summed E-state index contributed by atoms with van der Waals surface area (Å²) in [5.74, 6) is 2.02. The van der Waals surface area contributed by atoms with Crippen LogP contribution in [0.25, 0.3) is 0 Å². The van der Waals surface area contributed by atoms with E-state index in [1.165, 1.54) is 23.1 Å². The minimum absolute atomic E-state index is 0.139.